The first-order valence-corrected chi connectivity index (χ1v) is 6.90. The van der Waals surface area contributed by atoms with Gasteiger partial charge in [0.05, 0.1) is 30.3 Å². The molecule has 0 bridgehead atoms. The van der Waals surface area contributed by atoms with Crippen molar-refractivity contribution in [2.45, 2.75) is 25.6 Å². The first kappa shape index (κ1) is 19.6. The van der Waals surface area contributed by atoms with Crippen LogP contribution in [-0.2, 0) is 16.1 Å². The molecule has 23 heavy (non-hydrogen) atoms. The van der Waals surface area contributed by atoms with Crippen molar-refractivity contribution in [2.24, 2.45) is 0 Å². The number of amides is 1. The quantitative estimate of drug-likeness (QED) is 0.771. The van der Waals surface area contributed by atoms with Gasteiger partial charge in [-0.2, -0.15) is 0 Å². The number of carbonyl (C=O) groups is 1. The number of hydrogen-bond donors (Lipinski definition) is 3. The number of fused-ring (bicyclic) bond motifs is 1. The van der Waals surface area contributed by atoms with Crippen molar-refractivity contribution in [2.75, 3.05) is 13.2 Å². The second-order valence-corrected chi connectivity index (χ2v) is 5.07. The Balaban J connectivity index is 0.00000132. The molecule has 0 radical (unpaired) electrons. The highest BCUT2D eigenvalue weighted by atomic mass is 35.5. The largest absolute Gasteiger partial charge is 0.375 e. The number of imidazole rings is 1. The zero-order valence-corrected chi connectivity index (χ0v) is 14.1. The predicted octanol–water partition coefficient (Wildman–Crippen LogP) is 1.54. The summed E-state index contributed by atoms with van der Waals surface area (Å²) in [6, 6.07) is 3.98. The fourth-order valence-electron chi connectivity index (χ4n) is 2.43. The lowest BCUT2D eigenvalue weighted by molar-refractivity contribution is -0.129. The minimum absolute atomic E-state index is 0. The first-order chi connectivity index (χ1) is 10.1. The highest BCUT2D eigenvalue weighted by molar-refractivity contribution is 5.85. The third-order valence-corrected chi connectivity index (χ3v) is 3.52. The van der Waals surface area contributed by atoms with Crippen LogP contribution in [0.15, 0.2) is 18.2 Å². The summed E-state index contributed by atoms with van der Waals surface area (Å²) in [5.41, 5.74) is 1.29. The van der Waals surface area contributed by atoms with Crippen LogP contribution < -0.4 is 10.6 Å². The van der Waals surface area contributed by atoms with Crippen LogP contribution in [0.4, 0.5) is 4.39 Å². The molecule has 0 aliphatic carbocycles. The zero-order valence-electron chi connectivity index (χ0n) is 12.5. The Morgan fingerprint density at radius 2 is 2.26 bits per heavy atom. The molecule has 1 aromatic carbocycles. The van der Waals surface area contributed by atoms with E-state index >= 15 is 0 Å². The maximum Gasteiger partial charge on any atom is 0.240 e. The molecule has 0 saturated carbocycles. The van der Waals surface area contributed by atoms with Gasteiger partial charge < -0.3 is 20.4 Å². The van der Waals surface area contributed by atoms with Gasteiger partial charge in [0.1, 0.15) is 17.7 Å². The number of morpholine rings is 1. The molecule has 9 heteroatoms. The average molecular weight is 365 g/mol. The van der Waals surface area contributed by atoms with E-state index in [2.05, 4.69) is 20.6 Å². The molecule has 2 atom stereocenters. The number of nitrogens with zero attached hydrogens (tertiary/aromatic N) is 1. The van der Waals surface area contributed by atoms with Gasteiger partial charge in [-0.25, -0.2) is 9.37 Å². The number of rotatable bonds is 3. The third-order valence-electron chi connectivity index (χ3n) is 3.52. The van der Waals surface area contributed by atoms with Gasteiger partial charge in [-0.15, -0.1) is 24.8 Å². The van der Waals surface area contributed by atoms with Gasteiger partial charge in [-0.1, -0.05) is 0 Å². The van der Waals surface area contributed by atoms with Crippen molar-refractivity contribution >= 4 is 41.8 Å². The smallest absolute Gasteiger partial charge is 0.240 e. The maximum atomic E-state index is 13.1. The minimum atomic E-state index is -0.361. The van der Waals surface area contributed by atoms with E-state index in [1.54, 1.807) is 6.07 Å². The number of H-pyrrole nitrogens is 1. The van der Waals surface area contributed by atoms with Crippen molar-refractivity contribution in [1.29, 1.82) is 0 Å². The summed E-state index contributed by atoms with van der Waals surface area (Å²) in [4.78, 5) is 19.4. The number of benzene rings is 1. The van der Waals surface area contributed by atoms with Gasteiger partial charge in [0.15, 0.2) is 0 Å². The molecule has 1 amide bonds. The molecule has 2 heterocycles. The number of aromatic nitrogens is 2. The molecule has 1 aliphatic heterocycles. The second-order valence-electron chi connectivity index (χ2n) is 5.07. The third kappa shape index (κ3) is 4.54. The fourth-order valence-corrected chi connectivity index (χ4v) is 2.43. The van der Waals surface area contributed by atoms with Crippen molar-refractivity contribution in [3.05, 3.63) is 29.8 Å². The Morgan fingerprint density at radius 3 is 3.00 bits per heavy atom. The molecule has 0 unspecified atom stereocenters. The van der Waals surface area contributed by atoms with Crippen molar-refractivity contribution in [3.63, 3.8) is 0 Å². The molecule has 1 aliphatic rings. The topological polar surface area (TPSA) is 79.0 Å². The number of aromatic amines is 1. The molecule has 3 rings (SSSR count). The lowest BCUT2D eigenvalue weighted by Gasteiger charge is -2.29. The fraction of sp³-hybridized carbons (Fsp3) is 0.429. The second kappa shape index (κ2) is 8.44. The molecule has 1 fully saturated rings. The Bertz CT molecular complexity index is 667. The first-order valence-electron chi connectivity index (χ1n) is 6.90. The minimum Gasteiger partial charge on any atom is -0.375 e. The molecule has 1 saturated heterocycles. The summed E-state index contributed by atoms with van der Waals surface area (Å²) < 4.78 is 18.5. The average Bonchev–Trinajstić information content (AvgIpc) is 2.87. The highest BCUT2D eigenvalue weighted by Gasteiger charge is 2.28. The van der Waals surface area contributed by atoms with Gasteiger partial charge >= 0.3 is 0 Å². The normalized spacial score (nSPS) is 20.4. The lowest BCUT2D eigenvalue weighted by atomic mass is 10.1. The summed E-state index contributed by atoms with van der Waals surface area (Å²) in [6.45, 7) is 3.40. The number of hydrogen-bond acceptors (Lipinski definition) is 4. The number of carbonyl (C=O) groups excluding carboxylic acids is 1. The Kier molecular flexibility index (Phi) is 7.21. The lowest BCUT2D eigenvalue weighted by Crippen LogP contribution is -2.55. The summed E-state index contributed by atoms with van der Waals surface area (Å²) in [6.07, 6.45) is -0.163. The van der Waals surface area contributed by atoms with Gasteiger partial charge in [-0.05, 0) is 25.1 Å². The summed E-state index contributed by atoms with van der Waals surface area (Å²) in [5.74, 6) is 0.140. The molecular weight excluding hydrogens is 346 g/mol. The van der Waals surface area contributed by atoms with Crippen LogP contribution in [0, 0.1) is 5.82 Å². The molecule has 1 aromatic heterocycles. The molecule has 0 spiro atoms. The Hall–Kier alpha value is -1.41. The van der Waals surface area contributed by atoms with Crippen molar-refractivity contribution < 1.29 is 13.9 Å². The number of nitrogens with one attached hydrogen (secondary N) is 3. The van der Waals surface area contributed by atoms with E-state index in [1.165, 1.54) is 12.1 Å². The molecule has 3 N–H and O–H groups in total. The van der Waals surface area contributed by atoms with Gasteiger partial charge in [-0.3, -0.25) is 4.79 Å². The zero-order chi connectivity index (χ0) is 14.8. The Morgan fingerprint density at radius 1 is 1.48 bits per heavy atom. The van der Waals surface area contributed by atoms with Crippen LogP contribution in [0.2, 0.25) is 0 Å². The summed E-state index contributed by atoms with van der Waals surface area (Å²) in [5, 5.41) is 5.93. The van der Waals surface area contributed by atoms with E-state index in [0.29, 0.717) is 30.0 Å². The van der Waals surface area contributed by atoms with Crippen molar-refractivity contribution in [3.8, 4) is 0 Å². The highest BCUT2D eigenvalue weighted by Crippen LogP contribution is 2.13. The molecular formula is C14H19Cl2FN4O2. The van der Waals surface area contributed by atoms with Crippen LogP contribution in [0.25, 0.3) is 11.0 Å². The predicted molar refractivity (Wildman–Crippen MR) is 89.6 cm³/mol. The van der Waals surface area contributed by atoms with Crippen LogP contribution >= 0.6 is 24.8 Å². The van der Waals surface area contributed by atoms with Crippen LogP contribution in [-0.4, -0.2) is 41.2 Å². The number of ether oxygens (including phenoxy) is 1. The molecule has 6 nitrogen and oxygen atoms in total. The SMILES string of the molecule is C[C@H]1OCCN[C@@H]1C(=O)NCc1nc2ccc(F)cc2[nH]1.Cl.Cl. The van der Waals surface area contributed by atoms with Crippen molar-refractivity contribution in [1.82, 2.24) is 20.6 Å². The monoisotopic (exact) mass is 364 g/mol. The Labute approximate surface area is 145 Å². The van der Waals surface area contributed by atoms with Crippen LogP contribution in [0.1, 0.15) is 12.7 Å². The van der Waals surface area contributed by atoms with Gasteiger partial charge in [0.2, 0.25) is 5.91 Å². The van der Waals surface area contributed by atoms with Crippen LogP contribution in [0.3, 0.4) is 0 Å². The molecule has 128 valence electrons. The van der Waals surface area contributed by atoms with Gasteiger partial charge in [0, 0.05) is 6.54 Å². The number of halogens is 3. The summed E-state index contributed by atoms with van der Waals surface area (Å²) >= 11 is 0. The van der Waals surface area contributed by atoms with E-state index in [9.17, 15) is 9.18 Å². The standard InChI is InChI=1S/C14H17FN4O2.2ClH/c1-8-13(16-4-5-21-8)14(20)17-7-12-18-10-3-2-9(15)6-11(10)19-12;;/h2-3,6,8,13,16H,4-5,7H2,1H3,(H,17,20)(H,18,19);2*1H/t8-,13+;;/m1../s1. The van der Waals surface area contributed by atoms with E-state index in [1.807, 2.05) is 6.92 Å². The van der Waals surface area contributed by atoms with E-state index in [0.717, 1.165) is 0 Å². The van der Waals surface area contributed by atoms with E-state index in [4.69, 9.17) is 4.74 Å². The van der Waals surface area contributed by atoms with Crippen LogP contribution in [0.5, 0.6) is 0 Å². The van der Waals surface area contributed by atoms with Gasteiger partial charge in [0.25, 0.3) is 0 Å². The maximum absolute atomic E-state index is 13.1. The van der Waals surface area contributed by atoms with E-state index in [-0.39, 0.29) is 55.2 Å². The molecule has 2 aromatic rings. The summed E-state index contributed by atoms with van der Waals surface area (Å²) in [7, 11) is 0. The van der Waals surface area contributed by atoms with E-state index < -0.39 is 0 Å².